The first-order valence-corrected chi connectivity index (χ1v) is 4.72. The summed E-state index contributed by atoms with van der Waals surface area (Å²) in [5.74, 6) is 0.621. The largest absolute Gasteiger partial charge is 0.389 e. The molecule has 1 heterocycles. The van der Waals surface area contributed by atoms with Crippen molar-refractivity contribution < 1.29 is 9.94 Å². The van der Waals surface area contributed by atoms with Gasteiger partial charge in [0.05, 0.1) is 19.3 Å². The second kappa shape index (κ2) is 4.21. The van der Waals surface area contributed by atoms with Crippen molar-refractivity contribution in [2.24, 2.45) is 5.92 Å². The van der Waals surface area contributed by atoms with Crippen LogP contribution in [0.3, 0.4) is 0 Å². The number of β-amino-alcohol motifs (C(OH)–C–C–N with tert-alkyl or cyclic N) is 1. The van der Waals surface area contributed by atoms with Crippen LogP contribution in [0.15, 0.2) is 0 Å². The summed E-state index contributed by atoms with van der Waals surface area (Å²) in [5, 5.41) is 11.1. The molecule has 0 radical (unpaired) electrons. The third kappa shape index (κ3) is 2.19. The summed E-state index contributed by atoms with van der Waals surface area (Å²) in [7, 11) is 0. The predicted octanol–water partition coefficient (Wildman–Crippen LogP) is 1.03. The van der Waals surface area contributed by atoms with Gasteiger partial charge in [0.15, 0.2) is 0 Å². The molecule has 0 amide bonds. The zero-order valence-electron chi connectivity index (χ0n) is 8.16. The van der Waals surface area contributed by atoms with Gasteiger partial charge in [0.2, 0.25) is 0 Å². The zero-order valence-corrected chi connectivity index (χ0v) is 8.16. The normalized spacial score (nSPS) is 30.5. The van der Waals surface area contributed by atoms with E-state index in [1.165, 1.54) is 0 Å². The molecule has 0 aromatic rings. The average Bonchev–Trinajstić information content (AvgIpc) is 2.49. The SMILES string of the molecule is CCC(C)C(C)N1C[C@@H](O)CO1. The Hall–Kier alpha value is -0.120. The number of hydrogen-bond acceptors (Lipinski definition) is 3. The van der Waals surface area contributed by atoms with Crippen LogP contribution in [0.5, 0.6) is 0 Å². The molecule has 2 unspecified atom stereocenters. The van der Waals surface area contributed by atoms with E-state index in [0.29, 0.717) is 25.1 Å². The van der Waals surface area contributed by atoms with Crippen LogP contribution in [0, 0.1) is 5.92 Å². The highest BCUT2D eigenvalue weighted by molar-refractivity contribution is 4.73. The highest BCUT2D eigenvalue weighted by Crippen LogP contribution is 2.18. The van der Waals surface area contributed by atoms with E-state index in [1.807, 2.05) is 5.06 Å². The summed E-state index contributed by atoms with van der Waals surface area (Å²) < 4.78 is 0. The van der Waals surface area contributed by atoms with E-state index < -0.39 is 0 Å². The molecule has 0 spiro atoms. The van der Waals surface area contributed by atoms with Crippen molar-refractivity contribution in [1.82, 2.24) is 5.06 Å². The maximum atomic E-state index is 9.24. The minimum atomic E-state index is -0.295. The molecule has 0 aromatic carbocycles. The number of hydrogen-bond donors (Lipinski definition) is 1. The molecule has 3 nitrogen and oxygen atoms in total. The molecule has 3 atom stereocenters. The van der Waals surface area contributed by atoms with Crippen LogP contribution in [0.25, 0.3) is 0 Å². The lowest BCUT2D eigenvalue weighted by Gasteiger charge is -2.26. The third-order valence-electron chi connectivity index (χ3n) is 2.75. The van der Waals surface area contributed by atoms with E-state index in [-0.39, 0.29) is 6.10 Å². The van der Waals surface area contributed by atoms with Crippen LogP contribution in [0.2, 0.25) is 0 Å². The number of rotatable bonds is 3. The Morgan fingerprint density at radius 1 is 1.58 bits per heavy atom. The van der Waals surface area contributed by atoms with E-state index in [0.717, 1.165) is 6.42 Å². The van der Waals surface area contributed by atoms with Crippen LogP contribution in [0.4, 0.5) is 0 Å². The Bertz CT molecular complexity index is 140. The van der Waals surface area contributed by atoms with E-state index in [4.69, 9.17) is 4.84 Å². The first kappa shape index (κ1) is 9.96. The Morgan fingerprint density at radius 2 is 2.25 bits per heavy atom. The molecule has 1 fully saturated rings. The molecule has 1 aliphatic rings. The van der Waals surface area contributed by atoms with Crippen molar-refractivity contribution in [1.29, 1.82) is 0 Å². The molecule has 1 rings (SSSR count). The quantitative estimate of drug-likeness (QED) is 0.692. The summed E-state index contributed by atoms with van der Waals surface area (Å²) in [5.41, 5.74) is 0. The van der Waals surface area contributed by atoms with Gasteiger partial charge in [-0.1, -0.05) is 20.3 Å². The van der Waals surface area contributed by atoms with Gasteiger partial charge in [-0.05, 0) is 12.8 Å². The second-order valence-corrected chi connectivity index (χ2v) is 3.68. The molecule has 0 saturated carbocycles. The van der Waals surface area contributed by atoms with Crippen molar-refractivity contribution in [2.75, 3.05) is 13.2 Å². The summed E-state index contributed by atoms with van der Waals surface area (Å²) in [6.07, 6.45) is 0.855. The number of hydroxylamine groups is 2. The fourth-order valence-corrected chi connectivity index (χ4v) is 1.40. The number of aliphatic hydroxyl groups excluding tert-OH is 1. The van der Waals surface area contributed by atoms with Gasteiger partial charge in [-0.3, -0.25) is 4.84 Å². The topological polar surface area (TPSA) is 32.7 Å². The summed E-state index contributed by atoms with van der Waals surface area (Å²) in [6, 6.07) is 0.409. The lowest BCUT2D eigenvalue weighted by molar-refractivity contribution is -0.148. The molecule has 0 bridgehead atoms. The van der Waals surface area contributed by atoms with Crippen molar-refractivity contribution in [3.63, 3.8) is 0 Å². The number of aliphatic hydroxyl groups is 1. The van der Waals surface area contributed by atoms with E-state index in [1.54, 1.807) is 0 Å². The third-order valence-corrected chi connectivity index (χ3v) is 2.75. The molecule has 1 saturated heterocycles. The van der Waals surface area contributed by atoms with Crippen LogP contribution >= 0.6 is 0 Å². The van der Waals surface area contributed by atoms with Gasteiger partial charge in [0, 0.05) is 6.04 Å². The van der Waals surface area contributed by atoms with Crippen molar-refractivity contribution in [3.05, 3.63) is 0 Å². The average molecular weight is 173 g/mol. The summed E-state index contributed by atoms with van der Waals surface area (Å²) >= 11 is 0. The molecular formula is C9H19NO2. The molecule has 0 aromatic heterocycles. The molecule has 1 aliphatic heterocycles. The van der Waals surface area contributed by atoms with Crippen molar-refractivity contribution in [2.45, 2.75) is 39.3 Å². The van der Waals surface area contributed by atoms with Gasteiger partial charge in [0.1, 0.15) is 0 Å². The maximum absolute atomic E-state index is 9.24. The van der Waals surface area contributed by atoms with Gasteiger partial charge in [-0.15, -0.1) is 0 Å². The Morgan fingerprint density at radius 3 is 2.67 bits per heavy atom. The first-order valence-electron chi connectivity index (χ1n) is 4.72. The monoisotopic (exact) mass is 173 g/mol. The highest BCUT2D eigenvalue weighted by Gasteiger charge is 2.27. The minimum Gasteiger partial charge on any atom is -0.389 e. The van der Waals surface area contributed by atoms with Gasteiger partial charge < -0.3 is 5.11 Å². The van der Waals surface area contributed by atoms with Crippen LogP contribution in [-0.4, -0.2) is 35.5 Å². The van der Waals surface area contributed by atoms with Crippen LogP contribution in [0.1, 0.15) is 27.2 Å². The van der Waals surface area contributed by atoms with Crippen LogP contribution < -0.4 is 0 Å². The minimum absolute atomic E-state index is 0.295. The second-order valence-electron chi connectivity index (χ2n) is 3.68. The van der Waals surface area contributed by atoms with Gasteiger partial charge in [-0.2, -0.15) is 5.06 Å². The van der Waals surface area contributed by atoms with Gasteiger partial charge in [-0.25, -0.2) is 0 Å². The Balaban J connectivity index is 2.37. The van der Waals surface area contributed by atoms with Crippen LogP contribution in [-0.2, 0) is 4.84 Å². The fourth-order valence-electron chi connectivity index (χ4n) is 1.40. The highest BCUT2D eigenvalue weighted by atomic mass is 16.7. The van der Waals surface area contributed by atoms with Gasteiger partial charge in [0.25, 0.3) is 0 Å². The van der Waals surface area contributed by atoms with E-state index in [9.17, 15) is 5.11 Å². The smallest absolute Gasteiger partial charge is 0.0958 e. The molecular weight excluding hydrogens is 154 g/mol. The maximum Gasteiger partial charge on any atom is 0.0958 e. The molecule has 72 valence electrons. The first-order chi connectivity index (χ1) is 5.65. The lowest BCUT2D eigenvalue weighted by atomic mass is 10.0. The molecule has 0 aliphatic carbocycles. The van der Waals surface area contributed by atoms with E-state index in [2.05, 4.69) is 20.8 Å². The van der Waals surface area contributed by atoms with Crippen molar-refractivity contribution >= 4 is 0 Å². The Kier molecular flexibility index (Phi) is 3.50. The predicted molar refractivity (Wildman–Crippen MR) is 47.6 cm³/mol. The standard InChI is InChI=1S/C9H19NO2/c1-4-7(2)8(3)10-5-9(11)6-12-10/h7-9,11H,4-6H2,1-3H3/t7?,8?,9-/m1/s1. The van der Waals surface area contributed by atoms with Crippen molar-refractivity contribution in [3.8, 4) is 0 Å². The molecule has 12 heavy (non-hydrogen) atoms. The fraction of sp³-hybridized carbons (Fsp3) is 1.00. The molecule has 3 heteroatoms. The van der Waals surface area contributed by atoms with Gasteiger partial charge >= 0.3 is 0 Å². The molecule has 1 N–H and O–H groups in total. The zero-order chi connectivity index (χ0) is 9.14. The Labute approximate surface area is 74.3 Å². The summed E-state index contributed by atoms with van der Waals surface area (Å²) in [4.78, 5) is 5.33. The summed E-state index contributed by atoms with van der Waals surface area (Å²) in [6.45, 7) is 7.64. The lowest BCUT2D eigenvalue weighted by Crippen LogP contribution is -2.35. The van der Waals surface area contributed by atoms with E-state index >= 15 is 0 Å². The number of nitrogens with zero attached hydrogens (tertiary/aromatic N) is 1.